The molecule has 1 aromatic heterocycles. The summed E-state index contributed by atoms with van der Waals surface area (Å²) < 4.78 is 0. The fourth-order valence-electron chi connectivity index (χ4n) is 2.07. The normalized spacial score (nSPS) is 15.8. The number of amides is 1. The minimum absolute atomic E-state index is 0.0305. The molecule has 0 atom stereocenters. The fraction of sp³-hybridized carbons (Fsp3) is 0.0714. The van der Waals surface area contributed by atoms with Crippen LogP contribution in [0.3, 0.4) is 0 Å². The van der Waals surface area contributed by atoms with Crippen LogP contribution >= 0.6 is 0 Å². The highest BCUT2D eigenvalue weighted by atomic mass is 16.3. The van der Waals surface area contributed by atoms with E-state index in [2.05, 4.69) is 10.3 Å². The van der Waals surface area contributed by atoms with Crippen LogP contribution in [-0.4, -0.2) is 16.0 Å². The van der Waals surface area contributed by atoms with Crippen molar-refractivity contribution in [2.24, 2.45) is 0 Å². The number of nitrogens with one attached hydrogen (secondary N) is 2. The largest absolute Gasteiger partial charge is 0.392 e. The highest BCUT2D eigenvalue weighted by molar-refractivity contribution is 6.34. The minimum Gasteiger partial charge on any atom is -0.392 e. The second-order valence-electron chi connectivity index (χ2n) is 4.18. The van der Waals surface area contributed by atoms with Gasteiger partial charge in [-0.15, -0.1) is 0 Å². The molecule has 0 spiro atoms. The maximum atomic E-state index is 11.9. The monoisotopic (exact) mass is 240 g/mol. The summed E-state index contributed by atoms with van der Waals surface area (Å²) in [4.78, 5) is 14.9. The standard InChI is InChI=1S/C14H12N2O2/c17-8-9-3-4-13-11(6-9)12(14(18)16-13)7-10-2-1-5-15-10/h1-7,15,17H,8H2,(H,16,18). The lowest BCUT2D eigenvalue weighted by atomic mass is 10.0. The molecule has 2 heterocycles. The molecule has 3 N–H and O–H groups in total. The van der Waals surface area contributed by atoms with Crippen LogP contribution in [-0.2, 0) is 11.4 Å². The summed E-state index contributed by atoms with van der Waals surface area (Å²) >= 11 is 0. The molecule has 4 heteroatoms. The predicted octanol–water partition coefficient (Wildman–Crippen LogP) is 2.00. The van der Waals surface area contributed by atoms with Gasteiger partial charge in [-0.1, -0.05) is 6.07 Å². The molecule has 1 amide bonds. The molecular weight excluding hydrogens is 228 g/mol. The van der Waals surface area contributed by atoms with E-state index in [9.17, 15) is 4.79 Å². The van der Waals surface area contributed by atoms with Gasteiger partial charge >= 0.3 is 0 Å². The van der Waals surface area contributed by atoms with E-state index < -0.39 is 0 Å². The molecule has 0 unspecified atom stereocenters. The topological polar surface area (TPSA) is 65.1 Å². The molecule has 0 saturated heterocycles. The molecule has 0 bridgehead atoms. The molecule has 1 aromatic carbocycles. The molecule has 18 heavy (non-hydrogen) atoms. The van der Waals surface area contributed by atoms with Crippen molar-refractivity contribution in [3.63, 3.8) is 0 Å². The number of carbonyl (C=O) groups is 1. The Kier molecular flexibility index (Phi) is 2.50. The molecule has 4 nitrogen and oxygen atoms in total. The van der Waals surface area contributed by atoms with Crippen LogP contribution in [0.15, 0.2) is 36.5 Å². The molecule has 0 fully saturated rings. The van der Waals surface area contributed by atoms with Crippen molar-refractivity contribution >= 4 is 23.2 Å². The Balaban J connectivity index is 2.10. The second-order valence-corrected chi connectivity index (χ2v) is 4.18. The number of aromatic amines is 1. The molecule has 2 aromatic rings. The second kappa shape index (κ2) is 4.16. The van der Waals surface area contributed by atoms with E-state index in [1.54, 1.807) is 6.07 Å². The Morgan fingerprint density at radius 2 is 2.17 bits per heavy atom. The van der Waals surface area contributed by atoms with Crippen molar-refractivity contribution in [2.75, 3.05) is 5.32 Å². The van der Waals surface area contributed by atoms with Gasteiger partial charge in [-0.25, -0.2) is 0 Å². The molecule has 3 rings (SSSR count). The Labute approximate surface area is 104 Å². The Morgan fingerprint density at radius 1 is 1.28 bits per heavy atom. The van der Waals surface area contributed by atoms with Crippen LogP contribution in [0.25, 0.3) is 11.6 Å². The Morgan fingerprint density at radius 3 is 2.89 bits per heavy atom. The number of H-pyrrole nitrogens is 1. The first-order valence-electron chi connectivity index (χ1n) is 5.68. The predicted molar refractivity (Wildman–Crippen MR) is 69.7 cm³/mol. The van der Waals surface area contributed by atoms with E-state index in [0.29, 0.717) is 5.57 Å². The third-order valence-corrected chi connectivity index (χ3v) is 2.97. The van der Waals surface area contributed by atoms with Gasteiger partial charge in [-0.05, 0) is 35.9 Å². The van der Waals surface area contributed by atoms with Crippen LogP contribution in [0.2, 0.25) is 0 Å². The quantitative estimate of drug-likeness (QED) is 0.703. The zero-order chi connectivity index (χ0) is 12.5. The van der Waals surface area contributed by atoms with E-state index in [1.807, 2.05) is 36.5 Å². The van der Waals surface area contributed by atoms with Gasteiger partial charge in [0.05, 0.1) is 12.2 Å². The first-order chi connectivity index (χ1) is 8.78. The highest BCUT2D eigenvalue weighted by Gasteiger charge is 2.24. The Hall–Kier alpha value is -2.33. The van der Waals surface area contributed by atoms with Gasteiger partial charge in [0.25, 0.3) is 5.91 Å². The number of aromatic nitrogens is 1. The van der Waals surface area contributed by atoms with Gasteiger partial charge in [-0.3, -0.25) is 4.79 Å². The van der Waals surface area contributed by atoms with Crippen molar-refractivity contribution in [1.82, 2.24) is 4.98 Å². The summed E-state index contributed by atoms with van der Waals surface area (Å²) in [6, 6.07) is 9.23. The smallest absolute Gasteiger partial charge is 0.256 e. The molecule has 1 aliphatic rings. The van der Waals surface area contributed by atoms with E-state index in [1.165, 1.54) is 0 Å². The van der Waals surface area contributed by atoms with Crippen LogP contribution in [0.5, 0.6) is 0 Å². The molecule has 0 radical (unpaired) electrons. The lowest BCUT2D eigenvalue weighted by Gasteiger charge is -2.01. The van der Waals surface area contributed by atoms with Gasteiger partial charge in [0.1, 0.15) is 0 Å². The molecule has 0 aliphatic carbocycles. The number of hydrogen-bond acceptors (Lipinski definition) is 2. The number of benzene rings is 1. The fourth-order valence-corrected chi connectivity index (χ4v) is 2.07. The minimum atomic E-state index is -0.116. The number of anilines is 1. The zero-order valence-electron chi connectivity index (χ0n) is 9.60. The summed E-state index contributed by atoms with van der Waals surface area (Å²) in [6.07, 6.45) is 3.62. The van der Waals surface area contributed by atoms with Crippen molar-refractivity contribution < 1.29 is 9.90 Å². The van der Waals surface area contributed by atoms with E-state index in [-0.39, 0.29) is 12.5 Å². The highest BCUT2D eigenvalue weighted by Crippen LogP contribution is 2.33. The van der Waals surface area contributed by atoms with Crippen LogP contribution in [0.1, 0.15) is 16.8 Å². The van der Waals surface area contributed by atoms with Crippen molar-refractivity contribution in [3.8, 4) is 0 Å². The number of fused-ring (bicyclic) bond motifs is 1. The lowest BCUT2D eigenvalue weighted by Crippen LogP contribution is -2.03. The molecular formula is C14H12N2O2. The van der Waals surface area contributed by atoms with Gasteiger partial charge < -0.3 is 15.4 Å². The van der Waals surface area contributed by atoms with Gasteiger partial charge in [0.2, 0.25) is 0 Å². The molecule has 90 valence electrons. The molecule has 1 aliphatic heterocycles. The van der Waals surface area contributed by atoms with Gasteiger partial charge in [0.15, 0.2) is 0 Å². The SMILES string of the molecule is O=C1Nc2ccc(CO)cc2C1=Cc1ccc[nH]1. The average molecular weight is 240 g/mol. The van der Waals surface area contributed by atoms with Gasteiger partial charge in [0, 0.05) is 23.1 Å². The third kappa shape index (κ3) is 1.72. The number of aliphatic hydroxyl groups excluding tert-OH is 1. The number of aliphatic hydroxyl groups is 1. The van der Waals surface area contributed by atoms with Crippen LogP contribution < -0.4 is 5.32 Å². The zero-order valence-corrected chi connectivity index (χ0v) is 9.60. The van der Waals surface area contributed by atoms with Crippen molar-refractivity contribution in [2.45, 2.75) is 6.61 Å². The van der Waals surface area contributed by atoms with Crippen LogP contribution in [0, 0.1) is 0 Å². The number of rotatable bonds is 2. The summed E-state index contributed by atoms with van der Waals surface area (Å²) in [6.45, 7) is -0.0305. The van der Waals surface area contributed by atoms with Crippen molar-refractivity contribution in [1.29, 1.82) is 0 Å². The van der Waals surface area contributed by atoms with E-state index >= 15 is 0 Å². The van der Waals surface area contributed by atoms with E-state index in [4.69, 9.17) is 5.11 Å². The summed E-state index contributed by atoms with van der Waals surface area (Å²) in [5.41, 5.74) is 3.91. The lowest BCUT2D eigenvalue weighted by molar-refractivity contribution is -0.110. The van der Waals surface area contributed by atoms with Gasteiger partial charge in [-0.2, -0.15) is 0 Å². The maximum absolute atomic E-state index is 11.9. The summed E-state index contributed by atoms with van der Waals surface area (Å²) in [5, 5.41) is 12.0. The maximum Gasteiger partial charge on any atom is 0.256 e. The first-order valence-corrected chi connectivity index (χ1v) is 5.68. The number of carbonyl (C=O) groups excluding carboxylic acids is 1. The first kappa shape index (κ1) is 10.8. The Bertz CT molecular complexity index is 627. The summed E-state index contributed by atoms with van der Waals surface area (Å²) in [7, 11) is 0. The van der Waals surface area contributed by atoms with E-state index in [0.717, 1.165) is 22.5 Å². The summed E-state index contributed by atoms with van der Waals surface area (Å²) in [5.74, 6) is -0.116. The third-order valence-electron chi connectivity index (χ3n) is 2.97. The van der Waals surface area contributed by atoms with Crippen molar-refractivity contribution in [3.05, 3.63) is 53.3 Å². The average Bonchev–Trinajstić information content (AvgIpc) is 2.99. The van der Waals surface area contributed by atoms with Crippen LogP contribution in [0.4, 0.5) is 5.69 Å². The molecule has 0 saturated carbocycles. The number of hydrogen-bond donors (Lipinski definition) is 3.